The smallest absolute Gasteiger partial charge is 0.346 e. The van der Waals surface area contributed by atoms with Gasteiger partial charge in [0.05, 0.1) is 5.39 Å². The van der Waals surface area contributed by atoms with Gasteiger partial charge in [0.2, 0.25) is 0 Å². The number of thiophene rings is 1. The van der Waals surface area contributed by atoms with Crippen molar-refractivity contribution >= 4 is 39.0 Å². The second-order valence-electron chi connectivity index (χ2n) is 5.66. The van der Waals surface area contributed by atoms with Gasteiger partial charge in [-0.25, -0.2) is 14.8 Å². The van der Waals surface area contributed by atoms with Crippen LogP contribution in [0.4, 0.5) is 11.5 Å². The van der Waals surface area contributed by atoms with Crippen LogP contribution < -0.4 is 5.32 Å². The number of hydrogen-bond acceptors (Lipinski definition) is 5. The molecule has 0 radical (unpaired) electrons. The van der Waals surface area contributed by atoms with Gasteiger partial charge in [0.15, 0.2) is 0 Å². The van der Waals surface area contributed by atoms with Crippen molar-refractivity contribution in [1.29, 1.82) is 0 Å². The first kappa shape index (κ1) is 15.4. The molecule has 0 atom stereocenters. The molecule has 3 rings (SSSR count). The van der Waals surface area contributed by atoms with Gasteiger partial charge in [-0.2, -0.15) is 0 Å². The number of carboxylic acids is 1. The Bertz CT molecular complexity index is 908. The lowest BCUT2D eigenvalue weighted by Crippen LogP contribution is -2.00. The maximum absolute atomic E-state index is 11.3. The highest BCUT2D eigenvalue weighted by molar-refractivity contribution is 7.20. The molecule has 6 heteroatoms. The van der Waals surface area contributed by atoms with Gasteiger partial charge < -0.3 is 10.4 Å². The van der Waals surface area contributed by atoms with Gasteiger partial charge in [-0.1, -0.05) is 17.7 Å². The summed E-state index contributed by atoms with van der Waals surface area (Å²) in [5.74, 6) is -0.287. The molecule has 0 bridgehead atoms. The number of carboxylic acid groups (broad SMARTS) is 1. The van der Waals surface area contributed by atoms with E-state index in [0.29, 0.717) is 21.1 Å². The summed E-state index contributed by atoms with van der Waals surface area (Å²) in [6.07, 6.45) is 1.46. The molecule has 0 aliphatic rings. The van der Waals surface area contributed by atoms with Gasteiger partial charge in [-0.05, 0) is 44.4 Å². The summed E-state index contributed by atoms with van der Waals surface area (Å²) >= 11 is 1.18. The zero-order valence-corrected chi connectivity index (χ0v) is 14.2. The minimum Gasteiger partial charge on any atom is -0.477 e. The van der Waals surface area contributed by atoms with Crippen molar-refractivity contribution in [2.45, 2.75) is 27.7 Å². The van der Waals surface area contributed by atoms with Crippen LogP contribution in [-0.2, 0) is 0 Å². The Morgan fingerprint density at radius 2 is 1.78 bits per heavy atom. The number of rotatable bonds is 3. The molecule has 0 aliphatic carbocycles. The quantitative estimate of drug-likeness (QED) is 0.747. The standard InChI is InChI=1S/C17H17N3O2S/c1-8-5-9(2)13(10(3)6-8)20-15-12-11(4)14(17(21)22)23-16(12)19-7-18-15/h5-7H,1-4H3,(H,21,22)(H,18,19,20). The van der Waals surface area contributed by atoms with Crippen molar-refractivity contribution in [1.82, 2.24) is 9.97 Å². The van der Waals surface area contributed by atoms with E-state index >= 15 is 0 Å². The normalized spacial score (nSPS) is 11.0. The third-order valence-corrected chi connectivity index (χ3v) is 5.03. The first-order chi connectivity index (χ1) is 10.9. The molecule has 0 spiro atoms. The highest BCUT2D eigenvalue weighted by atomic mass is 32.1. The monoisotopic (exact) mass is 327 g/mol. The molecule has 0 fully saturated rings. The molecule has 2 heterocycles. The number of aromatic carboxylic acids is 1. The minimum absolute atomic E-state index is 0.306. The van der Waals surface area contributed by atoms with E-state index in [0.717, 1.165) is 22.2 Å². The Hall–Kier alpha value is -2.47. The SMILES string of the molecule is Cc1cc(C)c(Nc2ncnc3sc(C(=O)O)c(C)c23)c(C)c1. The van der Waals surface area contributed by atoms with E-state index in [2.05, 4.69) is 34.3 Å². The van der Waals surface area contributed by atoms with E-state index in [1.54, 1.807) is 6.92 Å². The summed E-state index contributed by atoms with van der Waals surface area (Å²) in [4.78, 5) is 20.9. The second kappa shape index (κ2) is 5.62. The van der Waals surface area contributed by atoms with Gasteiger partial charge in [-0.15, -0.1) is 11.3 Å². The molecule has 1 aromatic carbocycles. The molecule has 23 heavy (non-hydrogen) atoms. The summed E-state index contributed by atoms with van der Waals surface area (Å²) in [6, 6.07) is 4.22. The minimum atomic E-state index is -0.931. The first-order valence-electron chi connectivity index (χ1n) is 7.20. The van der Waals surface area contributed by atoms with E-state index in [1.165, 1.54) is 23.2 Å². The Morgan fingerprint density at radius 3 is 2.39 bits per heavy atom. The lowest BCUT2D eigenvalue weighted by molar-refractivity contribution is 0.0701. The van der Waals surface area contributed by atoms with Crippen molar-refractivity contribution in [3.05, 3.63) is 45.6 Å². The summed E-state index contributed by atoms with van der Waals surface area (Å²) in [6.45, 7) is 7.95. The van der Waals surface area contributed by atoms with Gasteiger partial charge in [-0.3, -0.25) is 0 Å². The van der Waals surface area contributed by atoms with Gasteiger partial charge >= 0.3 is 5.97 Å². The van der Waals surface area contributed by atoms with Crippen LogP contribution in [0.3, 0.4) is 0 Å². The molecule has 3 aromatic rings. The third-order valence-electron chi connectivity index (χ3n) is 3.84. The van der Waals surface area contributed by atoms with Gasteiger partial charge in [0, 0.05) is 5.69 Å². The van der Waals surface area contributed by atoms with Crippen LogP contribution >= 0.6 is 11.3 Å². The molecule has 0 saturated heterocycles. The Kier molecular flexibility index (Phi) is 3.77. The average Bonchev–Trinajstić information content (AvgIpc) is 2.81. The number of hydrogen-bond donors (Lipinski definition) is 2. The topological polar surface area (TPSA) is 75.1 Å². The zero-order chi connectivity index (χ0) is 16.7. The summed E-state index contributed by atoms with van der Waals surface area (Å²) in [5.41, 5.74) is 5.15. The molecule has 0 unspecified atom stereocenters. The van der Waals surface area contributed by atoms with Crippen molar-refractivity contribution < 1.29 is 9.90 Å². The second-order valence-corrected chi connectivity index (χ2v) is 6.66. The lowest BCUT2D eigenvalue weighted by atomic mass is 10.0. The van der Waals surface area contributed by atoms with Crippen LogP contribution in [0.2, 0.25) is 0 Å². The highest BCUT2D eigenvalue weighted by Gasteiger charge is 2.19. The van der Waals surface area contributed by atoms with Crippen LogP contribution in [0, 0.1) is 27.7 Å². The Morgan fingerprint density at radius 1 is 1.13 bits per heavy atom. The molecule has 0 amide bonds. The molecule has 118 valence electrons. The predicted octanol–water partition coefficient (Wildman–Crippen LogP) is 4.37. The number of aromatic nitrogens is 2. The Labute approximate surface area is 138 Å². The number of fused-ring (bicyclic) bond motifs is 1. The summed E-state index contributed by atoms with van der Waals surface area (Å²) in [5, 5.41) is 13.4. The van der Waals surface area contributed by atoms with Gasteiger partial charge in [0.25, 0.3) is 0 Å². The van der Waals surface area contributed by atoms with Crippen LogP contribution in [-0.4, -0.2) is 21.0 Å². The molecule has 0 aliphatic heterocycles. The highest BCUT2D eigenvalue weighted by Crippen LogP contribution is 2.35. The van der Waals surface area contributed by atoms with Crippen molar-refractivity contribution in [3.63, 3.8) is 0 Å². The molecular formula is C17H17N3O2S. The van der Waals surface area contributed by atoms with E-state index < -0.39 is 5.97 Å². The summed E-state index contributed by atoms with van der Waals surface area (Å²) < 4.78 is 0. The molecule has 2 N–H and O–H groups in total. The van der Waals surface area contributed by atoms with Gasteiger partial charge in [0.1, 0.15) is 21.9 Å². The van der Waals surface area contributed by atoms with E-state index in [1.807, 2.05) is 13.8 Å². The van der Waals surface area contributed by atoms with E-state index in [-0.39, 0.29) is 0 Å². The number of carbonyl (C=O) groups is 1. The van der Waals surface area contributed by atoms with Crippen molar-refractivity contribution in [3.8, 4) is 0 Å². The van der Waals surface area contributed by atoms with Crippen molar-refractivity contribution in [2.75, 3.05) is 5.32 Å². The fraction of sp³-hybridized carbons (Fsp3) is 0.235. The molecule has 0 saturated carbocycles. The summed E-state index contributed by atoms with van der Waals surface area (Å²) in [7, 11) is 0. The number of aryl methyl sites for hydroxylation is 4. The fourth-order valence-electron chi connectivity index (χ4n) is 2.87. The zero-order valence-electron chi connectivity index (χ0n) is 13.4. The van der Waals surface area contributed by atoms with E-state index in [9.17, 15) is 9.90 Å². The number of benzene rings is 1. The predicted molar refractivity (Wildman–Crippen MR) is 93.0 cm³/mol. The molecule has 2 aromatic heterocycles. The number of nitrogens with one attached hydrogen (secondary N) is 1. The number of anilines is 2. The van der Waals surface area contributed by atoms with Crippen molar-refractivity contribution in [2.24, 2.45) is 0 Å². The molecular weight excluding hydrogens is 310 g/mol. The fourth-order valence-corrected chi connectivity index (χ4v) is 3.85. The van der Waals surface area contributed by atoms with E-state index in [4.69, 9.17) is 0 Å². The maximum atomic E-state index is 11.3. The third kappa shape index (κ3) is 2.66. The van der Waals surface area contributed by atoms with Crippen LogP contribution in [0.25, 0.3) is 10.2 Å². The lowest BCUT2D eigenvalue weighted by Gasteiger charge is -2.14. The Balaban J connectivity index is 2.16. The largest absolute Gasteiger partial charge is 0.477 e. The average molecular weight is 327 g/mol. The van der Waals surface area contributed by atoms with Crippen LogP contribution in [0.15, 0.2) is 18.5 Å². The van der Waals surface area contributed by atoms with Crippen LogP contribution in [0.1, 0.15) is 31.9 Å². The molecule has 5 nitrogen and oxygen atoms in total. The maximum Gasteiger partial charge on any atom is 0.346 e. The van der Waals surface area contributed by atoms with Crippen LogP contribution in [0.5, 0.6) is 0 Å². The first-order valence-corrected chi connectivity index (χ1v) is 8.02. The number of nitrogens with zero attached hydrogens (tertiary/aromatic N) is 2.